The number of amides is 2. The van der Waals surface area contributed by atoms with Crippen LogP contribution in [0.5, 0.6) is 0 Å². The van der Waals surface area contributed by atoms with Crippen molar-refractivity contribution in [3.05, 3.63) is 65.5 Å². The van der Waals surface area contributed by atoms with Crippen molar-refractivity contribution in [3.8, 4) is 11.4 Å². The Morgan fingerprint density at radius 3 is 2.75 bits per heavy atom. The van der Waals surface area contributed by atoms with Gasteiger partial charge < -0.3 is 14.7 Å². The summed E-state index contributed by atoms with van der Waals surface area (Å²) < 4.78 is 5.21. The van der Waals surface area contributed by atoms with Crippen LogP contribution in [0, 0.1) is 0 Å². The molecular formula is C17H15ClN4O2. The molecule has 0 aliphatic heterocycles. The van der Waals surface area contributed by atoms with E-state index in [0.717, 1.165) is 5.56 Å². The third-order valence-corrected chi connectivity index (χ3v) is 3.53. The minimum Gasteiger partial charge on any atom is -0.337 e. The fourth-order valence-electron chi connectivity index (χ4n) is 2.08. The Bertz CT molecular complexity index is 835. The lowest BCUT2D eigenvalue weighted by molar-refractivity contribution is 0.213. The molecule has 3 aromatic rings. The Hall–Kier alpha value is -2.86. The smallest absolute Gasteiger partial charge is 0.322 e. The van der Waals surface area contributed by atoms with Gasteiger partial charge in [-0.2, -0.15) is 4.98 Å². The molecule has 0 aliphatic rings. The molecule has 3 rings (SSSR count). The van der Waals surface area contributed by atoms with Crippen molar-refractivity contribution in [2.45, 2.75) is 6.54 Å². The number of aromatic nitrogens is 2. The third-order valence-electron chi connectivity index (χ3n) is 3.30. The molecule has 1 heterocycles. The lowest BCUT2D eigenvalue weighted by atomic mass is 10.2. The van der Waals surface area contributed by atoms with Crippen molar-refractivity contribution in [1.82, 2.24) is 15.0 Å². The van der Waals surface area contributed by atoms with Crippen LogP contribution in [0.4, 0.5) is 10.5 Å². The molecule has 122 valence electrons. The van der Waals surface area contributed by atoms with E-state index in [9.17, 15) is 4.79 Å². The SMILES string of the molecule is CN(Cc1nc(-c2ccccc2)no1)C(=O)Nc1cccc(Cl)c1. The topological polar surface area (TPSA) is 71.3 Å². The van der Waals surface area contributed by atoms with Crippen LogP contribution in [0.15, 0.2) is 59.1 Å². The molecule has 24 heavy (non-hydrogen) atoms. The molecule has 1 N–H and O–H groups in total. The number of hydrogen-bond donors (Lipinski definition) is 1. The highest BCUT2D eigenvalue weighted by Gasteiger charge is 2.14. The normalized spacial score (nSPS) is 10.4. The molecule has 1 aromatic heterocycles. The molecule has 0 saturated heterocycles. The highest BCUT2D eigenvalue weighted by molar-refractivity contribution is 6.30. The molecule has 0 aliphatic carbocycles. The number of urea groups is 1. The van der Waals surface area contributed by atoms with E-state index in [2.05, 4.69) is 15.5 Å². The van der Waals surface area contributed by atoms with E-state index in [1.165, 1.54) is 4.90 Å². The van der Waals surface area contributed by atoms with E-state index in [1.807, 2.05) is 30.3 Å². The van der Waals surface area contributed by atoms with Gasteiger partial charge in [0.05, 0.1) is 0 Å². The van der Waals surface area contributed by atoms with Gasteiger partial charge in [-0.15, -0.1) is 0 Å². The van der Waals surface area contributed by atoms with Crippen molar-refractivity contribution >= 4 is 23.3 Å². The average molecular weight is 343 g/mol. The van der Waals surface area contributed by atoms with Crippen LogP contribution in [-0.2, 0) is 6.54 Å². The number of anilines is 1. The second-order valence-corrected chi connectivity index (χ2v) is 5.61. The second-order valence-electron chi connectivity index (χ2n) is 5.17. The van der Waals surface area contributed by atoms with Crippen molar-refractivity contribution in [2.75, 3.05) is 12.4 Å². The number of benzene rings is 2. The molecule has 0 bridgehead atoms. The first-order valence-electron chi connectivity index (χ1n) is 7.27. The molecular weight excluding hydrogens is 328 g/mol. The number of carbonyl (C=O) groups excluding carboxylic acids is 1. The van der Waals surface area contributed by atoms with E-state index >= 15 is 0 Å². The number of nitrogens with one attached hydrogen (secondary N) is 1. The summed E-state index contributed by atoms with van der Waals surface area (Å²) >= 11 is 5.90. The van der Waals surface area contributed by atoms with Gasteiger partial charge in [-0.25, -0.2) is 4.79 Å². The van der Waals surface area contributed by atoms with Gasteiger partial charge in [0, 0.05) is 23.3 Å². The van der Waals surface area contributed by atoms with Gasteiger partial charge in [0.2, 0.25) is 11.7 Å². The van der Waals surface area contributed by atoms with Crippen LogP contribution in [-0.4, -0.2) is 28.1 Å². The fourth-order valence-corrected chi connectivity index (χ4v) is 2.27. The van der Waals surface area contributed by atoms with Crippen LogP contribution in [0.1, 0.15) is 5.89 Å². The van der Waals surface area contributed by atoms with Crippen LogP contribution < -0.4 is 5.32 Å². The van der Waals surface area contributed by atoms with Crippen molar-refractivity contribution in [1.29, 1.82) is 0 Å². The molecule has 0 saturated carbocycles. The molecule has 2 aromatic carbocycles. The first kappa shape index (κ1) is 16.0. The molecule has 0 atom stereocenters. The van der Waals surface area contributed by atoms with Crippen LogP contribution in [0.3, 0.4) is 0 Å². The first-order valence-corrected chi connectivity index (χ1v) is 7.65. The van der Waals surface area contributed by atoms with Crippen LogP contribution >= 0.6 is 11.6 Å². The highest BCUT2D eigenvalue weighted by Crippen LogP contribution is 2.17. The number of halogens is 1. The Morgan fingerprint density at radius 2 is 2.00 bits per heavy atom. The third kappa shape index (κ3) is 3.91. The summed E-state index contributed by atoms with van der Waals surface area (Å²) in [5.41, 5.74) is 1.48. The summed E-state index contributed by atoms with van der Waals surface area (Å²) in [6.45, 7) is 0.201. The summed E-state index contributed by atoms with van der Waals surface area (Å²) in [7, 11) is 1.65. The van der Waals surface area contributed by atoms with Gasteiger partial charge in [-0.3, -0.25) is 0 Å². The van der Waals surface area contributed by atoms with E-state index in [1.54, 1.807) is 31.3 Å². The van der Waals surface area contributed by atoms with Gasteiger partial charge in [0.15, 0.2) is 0 Å². The standard InChI is InChI=1S/C17H15ClN4O2/c1-22(17(23)19-14-9-5-8-13(18)10-14)11-15-20-16(21-24-15)12-6-3-2-4-7-12/h2-10H,11H2,1H3,(H,19,23). The molecule has 0 fully saturated rings. The summed E-state index contributed by atoms with van der Waals surface area (Å²) in [4.78, 5) is 17.9. The zero-order chi connectivity index (χ0) is 16.9. The number of nitrogens with zero attached hydrogens (tertiary/aromatic N) is 3. The minimum atomic E-state index is -0.295. The number of rotatable bonds is 4. The molecule has 0 unspecified atom stereocenters. The fraction of sp³-hybridized carbons (Fsp3) is 0.118. The van der Waals surface area contributed by atoms with E-state index < -0.39 is 0 Å². The molecule has 6 nitrogen and oxygen atoms in total. The summed E-state index contributed by atoms with van der Waals surface area (Å²) in [5, 5.41) is 7.24. The lowest BCUT2D eigenvalue weighted by Gasteiger charge is -2.15. The van der Waals surface area contributed by atoms with Crippen molar-refractivity contribution < 1.29 is 9.32 Å². The maximum atomic E-state index is 12.2. The Labute approximate surface area is 144 Å². The van der Waals surface area contributed by atoms with Gasteiger partial charge in [-0.1, -0.05) is 53.2 Å². The maximum absolute atomic E-state index is 12.2. The monoisotopic (exact) mass is 342 g/mol. The van der Waals surface area contributed by atoms with Gasteiger partial charge in [-0.05, 0) is 18.2 Å². The number of hydrogen-bond acceptors (Lipinski definition) is 4. The Morgan fingerprint density at radius 1 is 1.21 bits per heavy atom. The largest absolute Gasteiger partial charge is 0.337 e. The van der Waals surface area contributed by atoms with Crippen LogP contribution in [0.25, 0.3) is 11.4 Å². The average Bonchev–Trinajstić information content (AvgIpc) is 3.04. The first-order chi connectivity index (χ1) is 11.6. The van der Waals surface area contributed by atoms with Crippen molar-refractivity contribution in [3.63, 3.8) is 0 Å². The zero-order valence-electron chi connectivity index (χ0n) is 12.9. The highest BCUT2D eigenvalue weighted by atomic mass is 35.5. The predicted molar refractivity (Wildman–Crippen MR) is 91.7 cm³/mol. The summed E-state index contributed by atoms with van der Waals surface area (Å²) in [5.74, 6) is 0.854. The predicted octanol–water partition coefficient (Wildman–Crippen LogP) is 4.05. The van der Waals surface area contributed by atoms with Gasteiger partial charge in [0.1, 0.15) is 6.54 Å². The molecule has 7 heteroatoms. The van der Waals surface area contributed by atoms with Gasteiger partial charge >= 0.3 is 6.03 Å². The van der Waals surface area contributed by atoms with E-state index in [4.69, 9.17) is 16.1 Å². The van der Waals surface area contributed by atoms with Gasteiger partial charge in [0.25, 0.3) is 0 Å². The Balaban J connectivity index is 1.63. The second kappa shape index (κ2) is 7.14. The molecule has 0 radical (unpaired) electrons. The summed E-state index contributed by atoms with van der Waals surface area (Å²) in [6.07, 6.45) is 0. The van der Waals surface area contributed by atoms with Crippen LogP contribution in [0.2, 0.25) is 5.02 Å². The number of carbonyl (C=O) groups is 1. The maximum Gasteiger partial charge on any atom is 0.322 e. The van der Waals surface area contributed by atoms with Crippen molar-refractivity contribution in [2.24, 2.45) is 0 Å². The Kier molecular flexibility index (Phi) is 4.77. The van der Waals surface area contributed by atoms with E-state index in [0.29, 0.717) is 22.4 Å². The summed E-state index contributed by atoms with van der Waals surface area (Å²) in [6, 6.07) is 16.1. The van der Waals surface area contributed by atoms with E-state index in [-0.39, 0.29) is 12.6 Å². The zero-order valence-corrected chi connectivity index (χ0v) is 13.7. The quantitative estimate of drug-likeness (QED) is 0.776. The lowest BCUT2D eigenvalue weighted by Crippen LogP contribution is -2.30. The molecule has 0 spiro atoms. The molecule has 2 amide bonds. The minimum absolute atomic E-state index is 0.201.